The number of aliphatic imine (C=N–C) groups is 1. The molecule has 0 aliphatic heterocycles. The maximum absolute atomic E-state index is 4.29. The number of hydrogen-bond donors (Lipinski definition) is 2. The van der Waals surface area contributed by atoms with Crippen LogP contribution in [-0.2, 0) is 6.54 Å². The van der Waals surface area contributed by atoms with Gasteiger partial charge >= 0.3 is 18.9 Å². The molecule has 1 aromatic heterocycles. The van der Waals surface area contributed by atoms with E-state index in [0.717, 1.165) is 39.9 Å². The molecule has 0 atom stereocenters. The van der Waals surface area contributed by atoms with E-state index in [9.17, 15) is 0 Å². The summed E-state index contributed by atoms with van der Waals surface area (Å²) in [6.07, 6.45) is 8.12. The topological polar surface area (TPSA) is 62.2 Å². The van der Waals surface area contributed by atoms with Crippen molar-refractivity contribution < 1.29 is 18.9 Å². The van der Waals surface area contributed by atoms with Gasteiger partial charge in [0.15, 0.2) is 0 Å². The molecular weight excluding hydrogens is 385 g/mol. The molecule has 1 aromatic carbocycles. The first kappa shape index (κ1) is 24.5. The third kappa shape index (κ3) is 9.88. The minimum absolute atomic E-state index is 0. The average Bonchev–Trinajstić information content (AvgIpc) is 2.60. The predicted octanol–water partition coefficient (Wildman–Crippen LogP) is 0.611. The Morgan fingerprint density at radius 3 is 2.46 bits per heavy atom. The molecule has 0 amide bonds. The fourth-order valence-electron chi connectivity index (χ4n) is 1.84. The van der Waals surface area contributed by atoms with Gasteiger partial charge in [0, 0.05) is 18.9 Å². The molecule has 0 unspecified atom stereocenters. The average molecular weight is 408 g/mol. The molecule has 26 heavy (non-hydrogen) atoms. The molecule has 2 aromatic rings. The second-order valence-electron chi connectivity index (χ2n) is 4.87. The van der Waals surface area contributed by atoms with Crippen molar-refractivity contribution in [2.45, 2.75) is 13.5 Å². The molecule has 0 saturated carbocycles. The van der Waals surface area contributed by atoms with E-state index in [-0.39, 0.29) is 18.9 Å². The van der Waals surface area contributed by atoms with Crippen molar-refractivity contribution in [3.63, 3.8) is 0 Å². The van der Waals surface area contributed by atoms with E-state index < -0.39 is 0 Å². The number of fused-ring (bicyclic) bond motifs is 1. The van der Waals surface area contributed by atoms with E-state index in [1.807, 2.05) is 25.1 Å². The molecule has 2 N–H and O–H groups in total. The summed E-state index contributed by atoms with van der Waals surface area (Å²) in [6, 6.07) is 6.00. The van der Waals surface area contributed by atoms with Gasteiger partial charge in [0.1, 0.15) is 0 Å². The van der Waals surface area contributed by atoms with Crippen LogP contribution >= 0.6 is 15.9 Å². The van der Waals surface area contributed by atoms with Gasteiger partial charge in [0.05, 0.1) is 11.0 Å². The Balaban J connectivity index is 0.000000923. The monoisotopic (exact) mass is 407 g/mol. The standard InChI is InChI=1S/C15H14BrN4.C4H9N.Li/c1-11(16)7-13(10-17-2)20-9-12-3-4-14-15(8-12)19-6-5-18-14;1-3-5-4-2;/h3-6,8,10,20H,2,9H2,1H3;5H,1-4H2;/q-1;-2;+1/b13-10+;;. The predicted molar refractivity (Wildman–Crippen MR) is 109 cm³/mol. The van der Waals surface area contributed by atoms with Crippen LogP contribution in [0.15, 0.2) is 52.0 Å². The Kier molecular flexibility index (Phi) is 13.9. The number of halogens is 1. The number of nitrogens with zero attached hydrogens (tertiary/aromatic N) is 3. The van der Waals surface area contributed by atoms with Crippen LogP contribution < -0.4 is 29.5 Å². The van der Waals surface area contributed by atoms with Crippen LogP contribution in [0.25, 0.3) is 11.0 Å². The van der Waals surface area contributed by atoms with Crippen molar-refractivity contribution in [3.05, 3.63) is 72.5 Å². The van der Waals surface area contributed by atoms with Crippen LogP contribution in [0, 0.1) is 19.9 Å². The Hall–Kier alpha value is -1.45. The van der Waals surface area contributed by atoms with Gasteiger partial charge in [-0.3, -0.25) is 9.97 Å². The van der Waals surface area contributed by atoms with Crippen LogP contribution in [0.2, 0.25) is 0 Å². The molecule has 0 fully saturated rings. The molecule has 0 bridgehead atoms. The Labute approximate surface area is 176 Å². The Morgan fingerprint density at radius 2 is 1.92 bits per heavy atom. The first-order chi connectivity index (χ1) is 12.1. The van der Waals surface area contributed by atoms with Gasteiger partial charge < -0.3 is 29.5 Å². The summed E-state index contributed by atoms with van der Waals surface area (Å²) in [5.41, 5.74) is 3.66. The second kappa shape index (κ2) is 14.7. The summed E-state index contributed by atoms with van der Waals surface area (Å²) < 4.78 is 0.893. The van der Waals surface area contributed by atoms with Gasteiger partial charge in [-0.25, -0.2) is 6.08 Å². The first-order valence-electron chi connectivity index (χ1n) is 7.75. The molecular formula is C19H23BrLiN5-2. The normalized spacial score (nSPS) is 11.2. The van der Waals surface area contributed by atoms with Crippen LogP contribution in [-0.4, -0.2) is 29.8 Å². The third-order valence-corrected chi connectivity index (χ3v) is 3.10. The van der Waals surface area contributed by atoms with E-state index in [2.05, 4.69) is 68.2 Å². The molecule has 0 saturated heterocycles. The van der Waals surface area contributed by atoms with Gasteiger partial charge in [0.2, 0.25) is 0 Å². The maximum atomic E-state index is 4.29. The van der Waals surface area contributed by atoms with E-state index in [0.29, 0.717) is 6.54 Å². The van der Waals surface area contributed by atoms with Crippen LogP contribution in [0.1, 0.15) is 12.5 Å². The van der Waals surface area contributed by atoms with E-state index in [1.54, 1.807) is 18.6 Å². The molecule has 2 rings (SSSR count). The van der Waals surface area contributed by atoms with Gasteiger partial charge in [-0.2, -0.15) is 0 Å². The molecule has 0 spiro atoms. The second-order valence-corrected chi connectivity index (χ2v) is 6.06. The van der Waals surface area contributed by atoms with E-state index in [4.69, 9.17) is 0 Å². The van der Waals surface area contributed by atoms with Gasteiger partial charge in [-0.05, 0) is 24.4 Å². The van der Waals surface area contributed by atoms with Crippen molar-refractivity contribution in [3.8, 4) is 0 Å². The van der Waals surface area contributed by atoms with Crippen LogP contribution in [0.3, 0.4) is 0 Å². The zero-order valence-electron chi connectivity index (χ0n) is 15.4. The van der Waals surface area contributed by atoms with Crippen molar-refractivity contribution in [2.75, 3.05) is 13.1 Å². The quantitative estimate of drug-likeness (QED) is 0.305. The summed E-state index contributed by atoms with van der Waals surface area (Å²) in [6.45, 7) is 14.6. The number of rotatable bonds is 7. The molecule has 134 valence electrons. The number of allylic oxidation sites excluding steroid dienone is 2. The third-order valence-electron chi connectivity index (χ3n) is 2.90. The van der Waals surface area contributed by atoms with Gasteiger partial charge in [-0.15, -0.1) is 25.0 Å². The summed E-state index contributed by atoms with van der Waals surface area (Å²) in [4.78, 5) is 12.3. The maximum Gasteiger partial charge on any atom is 1.00 e. The summed E-state index contributed by atoms with van der Waals surface area (Å²) in [5.74, 6) is 0. The van der Waals surface area contributed by atoms with Gasteiger partial charge in [0.25, 0.3) is 0 Å². The fourth-order valence-corrected chi connectivity index (χ4v) is 2.05. The number of aromatic nitrogens is 2. The number of hydrogen-bond acceptors (Lipinski definition) is 5. The van der Waals surface area contributed by atoms with Crippen LogP contribution in [0.4, 0.5) is 0 Å². The number of benzene rings is 1. The summed E-state index contributed by atoms with van der Waals surface area (Å²) in [5, 5.41) is 6.14. The van der Waals surface area contributed by atoms with Gasteiger partial charge in [-0.1, -0.05) is 33.4 Å². The largest absolute Gasteiger partial charge is 1.00 e. The Morgan fingerprint density at radius 1 is 1.27 bits per heavy atom. The van der Waals surface area contributed by atoms with Crippen molar-refractivity contribution >= 4 is 33.7 Å². The van der Waals surface area contributed by atoms with E-state index in [1.165, 1.54) is 0 Å². The molecule has 0 radical (unpaired) electrons. The zero-order valence-corrected chi connectivity index (χ0v) is 17.0. The summed E-state index contributed by atoms with van der Waals surface area (Å²) in [7, 11) is 0. The number of nitrogens with one attached hydrogen (secondary N) is 2. The Bertz CT molecular complexity index is 725. The minimum Gasteiger partial charge on any atom is -0.413 e. The van der Waals surface area contributed by atoms with Crippen molar-refractivity contribution in [2.24, 2.45) is 4.99 Å². The van der Waals surface area contributed by atoms with E-state index >= 15 is 0 Å². The molecule has 5 nitrogen and oxygen atoms in total. The zero-order chi connectivity index (χ0) is 18.5. The SMILES string of the molecule is C=N/C=C(\[C-]=C(C)Br)NCc1ccc2nccnc2c1.[CH2-]CNC[CH2-].[Li+]. The first-order valence-corrected chi connectivity index (χ1v) is 8.54. The van der Waals surface area contributed by atoms with Crippen molar-refractivity contribution in [1.29, 1.82) is 0 Å². The molecule has 0 aliphatic carbocycles. The molecule has 0 aliphatic rings. The van der Waals surface area contributed by atoms with Crippen LogP contribution in [0.5, 0.6) is 0 Å². The van der Waals surface area contributed by atoms with Crippen molar-refractivity contribution in [1.82, 2.24) is 20.6 Å². The minimum atomic E-state index is 0. The fraction of sp³-hybridized carbons (Fsp3) is 0.211. The smallest absolute Gasteiger partial charge is 0.413 e. The molecule has 7 heteroatoms. The molecule has 1 heterocycles. The summed E-state index contributed by atoms with van der Waals surface area (Å²) >= 11 is 3.35.